The molecule has 0 bridgehead atoms. The van der Waals surface area contributed by atoms with E-state index in [-0.39, 0.29) is 0 Å². The zero-order chi connectivity index (χ0) is 12.3. The fourth-order valence-electron chi connectivity index (χ4n) is 1.80. The van der Waals surface area contributed by atoms with Gasteiger partial charge in [-0.3, -0.25) is 4.68 Å². The zero-order valence-electron chi connectivity index (χ0n) is 9.96. The van der Waals surface area contributed by atoms with Crippen molar-refractivity contribution in [2.45, 2.75) is 13.3 Å². The van der Waals surface area contributed by atoms with E-state index in [0.717, 1.165) is 23.4 Å². The van der Waals surface area contributed by atoms with Crippen molar-refractivity contribution in [2.24, 2.45) is 7.05 Å². The van der Waals surface area contributed by atoms with Gasteiger partial charge in [-0.05, 0) is 6.92 Å². The maximum absolute atomic E-state index is 8.65. The van der Waals surface area contributed by atoms with E-state index in [1.165, 1.54) is 6.33 Å². The first kappa shape index (κ1) is 11.3. The lowest BCUT2D eigenvalue weighted by Gasteiger charge is -2.20. The SMILES string of the molecule is CCN(CCC#N)c1ncnc2c1cnn2C. The second kappa shape index (κ2) is 4.78. The quantitative estimate of drug-likeness (QED) is 0.786. The standard InChI is InChI=1S/C11H14N6/c1-3-17(6-4-5-12)11-9-7-15-16(2)10(9)13-8-14-11/h7-8H,3-4,6H2,1-2H3. The van der Waals surface area contributed by atoms with Gasteiger partial charge in [-0.2, -0.15) is 10.4 Å². The van der Waals surface area contributed by atoms with Crippen LogP contribution in [0.4, 0.5) is 5.82 Å². The Morgan fingerprint density at radius 3 is 3.00 bits per heavy atom. The summed E-state index contributed by atoms with van der Waals surface area (Å²) in [5.41, 5.74) is 0.811. The second-order valence-electron chi connectivity index (χ2n) is 3.69. The highest BCUT2D eigenvalue weighted by Crippen LogP contribution is 2.21. The number of nitriles is 1. The van der Waals surface area contributed by atoms with Crippen LogP contribution < -0.4 is 4.90 Å². The molecular formula is C11H14N6. The molecule has 0 aliphatic carbocycles. The molecule has 0 aromatic carbocycles. The molecule has 6 heteroatoms. The molecule has 6 nitrogen and oxygen atoms in total. The topological polar surface area (TPSA) is 70.6 Å². The Morgan fingerprint density at radius 1 is 1.47 bits per heavy atom. The van der Waals surface area contributed by atoms with Crippen molar-refractivity contribution in [1.82, 2.24) is 19.7 Å². The molecule has 2 rings (SSSR count). The van der Waals surface area contributed by atoms with Crippen molar-refractivity contribution in [2.75, 3.05) is 18.0 Å². The Morgan fingerprint density at radius 2 is 2.29 bits per heavy atom. The normalized spacial score (nSPS) is 10.4. The number of hydrogen-bond donors (Lipinski definition) is 0. The fraction of sp³-hybridized carbons (Fsp3) is 0.455. The summed E-state index contributed by atoms with van der Waals surface area (Å²) in [6.45, 7) is 3.53. The van der Waals surface area contributed by atoms with E-state index in [4.69, 9.17) is 5.26 Å². The van der Waals surface area contributed by atoms with Crippen LogP contribution in [0.5, 0.6) is 0 Å². The van der Waals surface area contributed by atoms with Crippen LogP contribution in [0.2, 0.25) is 0 Å². The van der Waals surface area contributed by atoms with Crippen LogP contribution in [0.25, 0.3) is 11.0 Å². The van der Waals surface area contributed by atoms with Gasteiger partial charge in [0.05, 0.1) is 24.1 Å². The highest BCUT2D eigenvalue weighted by atomic mass is 15.3. The summed E-state index contributed by atoms with van der Waals surface area (Å²) in [6.07, 6.45) is 3.79. The summed E-state index contributed by atoms with van der Waals surface area (Å²) in [4.78, 5) is 10.6. The molecule has 0 atom stereocenters. The van der Waals surface area contributed by atoms with Crippen molar-refractivity contribution in [3.63, 3.8) is 0 Å². The van der Waals surface area contributed by atoms with Crippen LogP contribution in [0.3, 0.4) is 0 Å². The Hall–Kier alpha value is -2.16. The Labute approximate surface area is 99.5 Å². The predicted molar refractivity (Wildman–Crippen MR) is 64.4 cm³/mol. The third kappa shape index (κ3) is 2.04. The van der Waals surface area contributed by atoms with E-state index < -0.39 is 0 Å². The minimum Gasteiger partial charge on any atom is -0.355 e. The third-order valence-electron chi connectivity index (χ3n) is 2.68. The first-order valence-electron chi connectivity index (χ1n) is 5.52. The molecule has 0 aliphatic rings. The first-order chi connectivity index (χ1) is 8.27. The van der Waals surface area contributed by atoms with Gasteiger partial charge >= 0.3 is 0 Å². The summed E-state index contributed by atoms with van der Waals surface area (Å²) in [5, 5.41) is 13.8. The van der Waals surface area contributed by atoms with Crippen LogP contribution in [0.15, 0.2) is 12.5 Å². The van der Waals surface area contributed by atoms with E-state index >= 15 is 0 Å². The average molecular weight is 230 g/mol. The lowest BCUT2D eigenvalue weighted by Crippen LogP contribution is -2.24. The van der Waals surface area contributed by atoms with E-state index in [1.807, 2.05) is 14.0 Å². The van der Waals surface area contributed by atoms with Crippen LogP contribution in [-0.2, 0) is 7.05 Å². The van der Waals surface area contributed by atoms with Crippen molar-refractivity contribution >= 4 is 16.9 Å². The lowest BCUT2D eigenvalue weighted by molar-refractivity contribution is 0.783. The molecular weight excluding hydrogens is 216 g/mol. The van der Waals surface area contributed by atoms with Crippen molar-refractivity contribution < 1.29 is 0 Å². The zero-order valence-corrected chi connectivity index (χ0v) is 9.96. The molecule has 88 valence electrons. The molecule has 2 aromatic rings. The van der Waals surface area contributed by atoms with Gasteiger partial charge in [0, 0.05) is 20.1 Å². The summed E-state index contributed by atoms with van der Waals surface area (Å²) >= 11 is 0. The Balaban J connectivity index is 2.43. The summed E-state index contributed by atoms with van der Waals surface area (Å²) in [6, 6.07) is 2.15. The second-order valence-corrected chi connectivity index (χ2v) is 3.69. The largest absolute Gasteiger partial charge is 0.355 e. The maximum Gasteiger partial charge on any atom is 0.163 e. The number of hydrogen-bond acceptors (Lipinski definition) is 5. The number of aromatic nitrogens is 4. The molecule has 2 aromatic heterocycles. The monoisotopic (exact) mass is 230 g/mol. The Bertz CT molecular complexity index is 553. The molecule has 0 saturated heterocycles. The van der Waals surface area contributed by atoms with Gasteiger partial charge < -0.3 is 4.90 Å². The van der Waals surface area contributed by atoms with Gasteiger partial charge in [0.15, 0.2) is 5.65 Å². The van der Waals surface area contributed by atoms with Gasteiger partial charge in [0.2, 0.25) is 0 Å². The smallest absolute Gasteiger partial charge is 0.163 e. The fourth-order valence-corrected chi connectivity index (χ4v) is 1.80. The highest BCUT2D eigenvalue weighted by Gasteiger charge is 2.12. The summed E-state index contributed by atoms with van der Waals surface area (Å²) < 4.78 is 1.72. The van der Waals surface area contributed by atoms with Crippen LogP contribution in [0.1, 0.15) is 13.3 Å². The molecule has 0 N–H and O–H groups in total. The first-order valence-corrected chi connectivity index (χ1v) is 5.52. The highest BCUT2D eigenvalue weighted by molar-refractivity contribution is 5.86. The van der Waals surface area contributed by atoms with Gasteiger partial charge in [-0.25, -0.2) is 9.97 Å². The lowest BCUT2D eigenvalue weighted by atomic mass is 10.3. The Kier molecular flexibility index (Phi) is 3.19. The van der Waals surface area contributed by atoms with E-state index in [0.29, 0.717) is 13.0 Å². The van der Waals surface area contributed by atoms with Crippen LogP contribution in [-0.4, -0.2) is 32.8 Å². The minimum atomic E-state index is 0.486. The van der Waals surface area contributed by atoms with Crippen molar-refractivity contribution in [1.29, 1.82) is 5.26 Å². The number of rotatable bonds is 4. The van der Waals surface area contributed by atoms with Crippen LogP contribution >= 0.6 is 0 Å². The molecule has 0 fully saturated rings. The molecule has 0 saturated carbocycles. The molecule has 0 amide bonds. The van der Waals surface area contributed by atoms with E-state index in [9.17, 15) is 0 Å². The number of anilines is 1. The molecule has 0 spiro atoms. The van der Waals surface area contributed by atoms with Gasteiger partial charge in [-0.1, -0.05) is 0 Å². The molecule has 0 radical (unpaired) electrons. The number of fused-ring (bicyclic) bond motifs is 1. The van der Waals surface area contributed by atoms with E-state index in [2.05, 4.69) is 26.0 Å². The van der Waals surface area contributed by atoms with Crippen LogP contribution in [0, 0.1) is 11.3 Å². The predicted octanol–water partition coefficient (Wildman–Crippen LogP) is 1.10. The minimum absolute atomic E-state index is 0.486. The molecule has 0 unspecified atom stereocenters. The number of aryl methyl sites for hydroxylation is 1. The van der Waals surface area contributed by atoms with Crippen molar-refractivity contribution in [3.05, 3.63) is 12.5 Å². The van der Waals surface area contributed by atoms with E-state index in [1.54, 1.807) is 10.9 Å². The molecule has 0 aliphatic heterocycles. The molecule has 2 heterocycles. The summed E-state index contributed by atoms with van der Waals surface area (Å²) in [5.74, 6) is 0.848. The third-order valence-corrected chi connectivity index (χ3v) is 2.68. The molecule has 17 heavy (non-hydrogen) atoms. The number of nitrogens with zero attached hydrogens (tertiary/aromatic N) is 6. The van der Waals surface area contributed by atoms with Gasteiger partial charge in [0.25, 0.3) is 0 Å². The van der Waals surface area contributed by atoms with Gasteiger partial charge in [-0.15, -0.1) is 0 Å². The van der Waals surface area contributed by atoms with Crippen molar-refractivity contribution in [3.8, 4) is 6.07 Å². The summed E-state index contributed by atoms with van der Waals surface area (Å²) in [7, 11) is 1.85. The average Bonchev–Trinajstić information content (AvgIpc) is 2.73. The van der Waals surface area contributed by atoms with Gasteiger partial charge in [0.1, 0.15) is 12.1 Å². The maximum atomic E-state index is 8.65.